The van der Waals surface area contributed by atoms with Crippen molar-refractivity contribution in [1.29, 1.82) is 0 Å². The van der Waals surface area contributed by atoms with E-state index in [9.17, 15) is 9.90 Å². The molecule has 0 fully saturated rings. The second-order valence-electron chi connectivity index (χ2n) is 5.43. The van der Waals surface area contributed by atoms with Crippen LogP contribution in [-0.4, -0.2) is 29.3 Å². The number of aliphatic hydroxyl groups excluding tert-OH is 1. The summed E-state index contributed by atoms with van der Waals surface area (Å²) in [4.78, 5) is 13.0. The molecule has 4 heteroatoms. The van der Waals surface area contributed by atoms with Gasteiger partial charge in [0.05, 0.1) is 12.6 Å². The van der Waals surface area contributed by atoms with E-state index >= 15 is 0 Å². The van der Waals surface area contributed by atoms with Crippen LogP contribution in [0.1, 0.15) is 21.6 Å². The highest BCUT2D eigenvalue weighted by molar-refractivity contribution is 6.04. The number of para-hydroxylation sites is 1. The van der Waals surface area contributed by atoms with Crippen LogP contribution in [0.2, 0.25) is 0 Å². The summed E-state index contributed by atoms with van der Waals surface area (Å²) in [6.07, 6.45) is 0.532. The van der Waals surface area contributed by atoms with E-state index in [-0.39, 0.29) is 12.5 Å². The third kappa shape index (κ3) is 2.62. The maximum atomic E-state index is 13.0. The van der Waals surface area contributed by atoms with Crippen molar-refractivity contribution >= 4 is 16.8 Å². The fourth-order valence-corrected chi connectivity index (χ4v) is 3.01. The molecule has 3 rings (SSSR count). The molecule has 0 spiro atoms. The molecule has 4 nitrogen and oxygen atoms in total. The Hall–Kier alpha value is -2.59. The number of hydrogen-bond donors (Lipinski definition) is 1. The summed E-state index contributed by atoms with van der Waals surface area (Å²) >= 11 is 0. The van der Waals surface area contributed by atoms with E-state index in [0.717, 1.165) is 22.2 Å². The van der Waals surface area contributed by atoms with Crippen molar-refractivity contribution in [2.45, 2.75) is 13.3 Å². The summed E-state index contributed by atoms with van der Waals surface area (Å²) in [5, 5.41) is 10.3. The Morgan fingerprint density at radius 1 is 1.17 bits per heavy atom. The standard InChI is InChI=1S/C19H19NO3/c1-13-16(10-11-21)17-8-3-4-9-18(17)20(13)19(22)14-6-5-7-15(12-14)23-2/h3-9,12,21H,10-11H2,1-2H3. The first-order valence-electron chi connectivity index (χ1n) is 7.56. The minimum absolute atomic E-state index is 0.0577. The first-order valence-corrected chi connectivity index (χ1v) is 7.56. The zero-order valence-corrected chi connectivity index (χ0v) is 13.2. The van der Waals surface area contributed by atoms with Crippen molar-refractivity contribution in [3.63, 3.8) is 0 Å². The van der Waals surface area contributed by atoms with Crippen LogP contribution in [0.3, 0.4) is 0 Å². The summed E-state index contributed by atoms with van der Waals surface area (Å²) in [5.74, 6) is 0.558. The van der Waals surface area contributed by atoms with Gasteiger partial charge in [0.15, 0.2) is 0 Å². The number of fused-ring (bicyclic) bond motifs is 1. The second-order valence-corrected chi connectivity index (χ2v) is 5.43. The number of nitrogens with zero attached hydrogens (tertiary/aromatic N) is 1. The molecular weight excluding hydrogens is 290 g/mol. The van der Waals surface area contributed by atoms with Crippen molar-refractivity contribution in [2.75, 3.05) is 13.7 Å². The molecule has 0 aliphatic heterocycles. The molecule has 23 heavy (non-hydrogen) atoms. The van der Waals surface area contributed by atoms with Gasteiger partial charge in [0.2, 0.25) is 0 Å². The van der Waals surface area contributed by atoms with E-state index in [1.165, 1.54) is 0 Å². The van der Waals surface area contributed by atoms with E-state index < -0.39 is 0 Å². The van der Waals surface area contributed by atoms with Gasteiger partial charge in [-0.15, -0.1) is 0 Å². The number of rotatable bonds is 4. The number of carbonyl (C=O) groups excluding carboxylic acids is 1. The van der Waals surface area contributed by atoms with E-state index in [1.54, 1.807) is 23.8 Å². The van der Waals surface area contributed by atoms with Crippen molar-refractivity contribution < 1.29 is 14.6 Å². The van der Waals surface area contributed by atoms with Gasteiger partial charge in [-0.25, -0.2) is 0 Å². The van der Waals surface area contributed by atoms with Gasteiger partial charge in [0, 0.05) is 23.3 Å². The minimum atomic E-state index is -0.0956. The zero-order valence-electron chi connectivity index (χ0n) is 13.2. The van der Waals surface area contributed by atoms with Crippen molar-refractivity contribution in [3.05, 3.63) is 65.4 Å². The molecule has 0 unspecified atom stereocenters. The SMILES string of the molecule is COc1cccc(C(=O)n2c(C)c(CCO)c3ccccc32)c1. The van der Waals surface area contributed by atoms with Crippen LogP contribution in [0.5, 0.6) is 5.75 Å². The van der Waals surface area contributed by atoms with Gasteiger partial charge in [-0.3, -0.25) is 9.36 Å². The van der Waals surface area contributed by atoms with Gasteiger partial charge >= 0.3 is 0 Å². The van der Waals surface area contributed by atoms with E-state index in [2.05, 4.69) is 0 Å². The molecule has 0 radical (unpaired) electrons. The highest BCUT2D eigenvalue weighted by atomic mass is 16.5. The van der Waals surface area contributed by atoms with Crippen LogP contribution in [0.25, 0.3) is 10.9 Å². The van der Waals surface area contributed by atoms with Crippen LogP contribution in [-0.2, 0) is 6.42 Å². The molecule has 0 aliphatic rings. The average Bonchev–Trinajstić information content (AvgIpc) is 2.87. The Morgan fingerprint density at radius 3 is 2.70 bits per heavy atom. The van der Waals surface area contributed by atoms with Crippen LogP contribution in [0, 0.1) is 6.92 Å². The van der Waals surface area contributed by atoms with Crippen LogP contribution in [0.15, 0.2) is 48.5 Å². The van der Waals surface area contributed by atoms with Gasteiger partial charge < -0.3 is 9.84 Å². The lowest BCUT2D eigenvalue weighted by Gasteiger charge is -2.09. The summed E-state index contributed by atoms with van der Waals surface area (Å²) in [6.45, 7) is 1.98. The molecule has 1 aromatic heterocycles. The smallest absolute Gasteiger partial charge is 0.262 e. The molecule has 0 saturated heterocycles. The van der Waals surface area contributed by atoms with Gasteiger partial charge in [-0.2, -0.15) is 0 Å². The monoisotopic (exact) mass is 309 g/mol. The Bertz CT molecular complexity index is 864. The Kier molecular flexibility index (Phi) is 4.17. The van der Waals surface area contributed by atoms with Crippen molar-refractivity contribution in [3.8, 4) is 5.75 Å². The van der Waals surface area contributed by atoms with Crippen molar-refractivity contribution in [1.82, 2.24) is 4.57 Å². The highest BCUT2D eigenvalue weighted by Gasteiger charge is 2.19. The lowest BCUT2D eigenvalue weighted by atomic mass is 10.1. The number of benzene rings is 2. The average molecular weight is 309 g/mol. The lowest BCUT2D eigenvalue weighted by molar-refractivity contribution is 0.0962. The van der Waals surface area contributed by atoms with Crippen LogP contribution in [0.4, 0.5) is 0 Å². The summed E-state index contributed by atoms with van der Waals surface area (Å²) in [7, 11) is 1.58. The minimum Gasteiger partial charge on any atom is -0.497 e. The van der Waals surface area contributed by atoms with Crippen LogP contribution >= 0.6 is 0 Å². The normalized spacial score (nSPS) is 10.9. The van der Waals surface area contributed by atoms with Gasteiger partial charge in [-0.05, 0) is 43.2 Å². The topological polar surface area (TPSA) is 51.5 Å². The Labute approximate surface area is 134 Å². The first-order chi connectivity index (χ1) is 11.2. The molecule has 0 saturated carbocycles. The number of aromatic nitrogens is 1. The van der Waals surface area contributed by atoms with E-state index in [1.807, 2.05) is 43.3 Å². The maximum absolute atomic E-state index is 13.0. The molecule has 1 heterocycles. The molecular formula is C19H19NO3. The molecule has 1 N–H and O–H groups in total. The number of methoxy groups -OCH3 is 1. The third-order valence-electron chi connectivity index (χ3n) is 4.12. The number of ether oxygens (including phenoxy) is 1. The second kappa shape index (κ2) is 6.26. The van der Waals surface area contributed by atoms with E-state index in [4.69, 9.17) is 4.74 Å². The summed E-state index contributed by atoms with van der Waals surface area (Å²) in [5.41, 5.74) is 3.32. The maximum Gasteiger partial charge on any atom is 0.262 e. The highest BCUT2D eigenvalue weighted by Crippen LogP contribution is 2.27. The van der Waals surface area contributed by atoms with Gasteiger partial charge in [0.1, 0.15) is 5.75 Å². The van der Waals surface area contributed by atoms with Gasteiger partial charge in [-0.1, -0.05) is 24.3 Å². The Morgan fingerprint density at radius 2 is 1.96 bits per heavy atom. The molecule has 3 aromatic rings. The predicted molar refractivity (Wildman–Crippen MR) is 90.2 cm³/mol. The number of hydrogen-bond acceptors (Lipinski definition) is 3. The lowest BCUT2D eigenvalue weighted by Crippen LogP contribution is -2.14. The molecule has 0 amide bonds. The molecule has 0 bridgehead atoms. The fraction of sp³-hybridized carbons (Fsp3) is 0.211. The fourth-order valence-electron chi connectivity index (χ4n) is 3.01. The van der Waals surface area contributed by atoms with Gasteiger partial charge in [0.25, 0.3) is 5.91 Å². The number of aliphatic hydroxyl groups is 1. The van der Waals surface area contributed by atoms with Crippen LogP contribution < -0.4 is 4.74 Å². The summed E-state index contributed by atoms with van der Waals surface area (Å²) in [6, 6.07) is 14.9. The largest absolute Gasteiger partial charge is 0.497 e. The molecule has 2 aromatic carbocycles. The number of carbonyl (C=O) groups is 1. The molecule has 0 atom stereocenters. The molecule has 0 aliphatic carbocycles. The predicted octanol–water partition coefficient (Wildman–Crippen LogP) is 3.18. The first kappa shape index (κ1) is 15.3. The third-order valence-corrected chi connectivity index (χ3v) is 4.12. The zero-order chi connectivity index (χ0) is 16.4. The summed E-state index contributed by atoms with van der Waals surface area (Å²) < 4.78 is 6.93. The quantitative estimate of drug-likeness (QED) is 0.805. The Balaban J connectivity index is 2.19. The van der Waals surface area contributed by atoms with E-state index in [0.29, 0.717) is 17.7 Å². The van der Waals surface area contributed by atoms with Crippen molar-refractivity contribution in [2.24, 2.45) is 0 Å². The molecule has 118 valence electrons.